The first-order valence-electron chi connectivity index (χ1n) is 10.1. The number of amides is 3. The number of anilines is 1. The third-order valence-corrected chi connectivity index (χ3v) is 7.11. The number of primary amides is 1. The zero-order valence-electron chi connectivity index (χ0n) is 17.1. The number of rotatable bonds is 6. The molecule has 10 heteroatoms. The maximum absolute atomic E-state index is 12.7. The highest BCUT2D eigenvalue weighted by Gasteiger charge is 2.23. The van der Waals surface area contributed by atoms with E-state index in [2.05, 4.69) is 16.0 Å². The smallest absolute Gasteiger partial charge is 0.321 e. The van der Waals surface area contributed by atoms with Gasteiger partial charge in [-0.25, -0.2) is 14.8 Å². The van der Waals surface area contributed by atoms with Crippen LogP contribution in [0.4, 0.5) is 9.93 Å². The van der Waals surface area contributed by atoms with E-state index in [-0.39, 0.29) is 25.3 Å². The Kier molecular flexibility index (Phi) is 7.76. The molecular weight excluding hydrogens is 420 g/mol. The molecule has 2 aromatic heterocycles. The number of nitrogens with two attached hydrogens (primary N) is 1. The molecule has 2 aromatic rings. The quantitative estimate of drug-likeness (QED) is 0.726. The van der Waals surface area contributed by atoms with Gasteiger partial charge in [0, 0.05) is 31.4 Å². The van der Waals surface area contributed by atoms with Gasteiger partial charge in [-0.3, -0.25) is 9.69 Å². The van der Waals surface area contributed by atoms with Crippen LogP contribution < -0.4 is 10.6 Å². The van der Waals surface area contributed by atoms with Crippen molar-refractivity contribution >= 4 is 39.7 Å². The summed E-state index contributed by atoms with van der Waals surface area (Å²) in [5.74, 6) is 0.0531. The van der Waals surface area contributed by atoms with Crippen LogP contribution in [0.25, 0.3) is 10.6 Å². The molecule has 30 heavy (non-hydrogen) atoms. The van der Waals surface area contributed by atoms with Crippen LogP contribution in [0.1, 0.15) is 49.2 Å². The van der Waals surface area contributed by atoms with Crippen molar-refractivity contribution in [2.75, 3.05) is 24.5 Å². The normalized spacial score (nSPS) is 14.6. The Morgan fingerprint density at radius 2 is 1.93 bits per heavy atom. The van der Waals surface area contributed by atoms with E-state index in [1.165, 1.54) is 34.0 Å². The lowest BCUT2D eigenvalue weighted by molar-refractivity contribution is -0.131. The van der Waals surface area contributed by atoms with Crippen molar-refractivity contribution < 1.29 is 9.59 Å². The molecule has 1 aliphatic rings. The highest BCUT2D eigenvalue weighted by molar-refractivity contribution is 7.19. The number of nitriles is 1. The summed E-state index contributed by atoms with van der Waals surface area (Å²) >= 11 is 2.75. The Hall–Kier alpha value is -2.51. The van der Waals surface area contributed by atoms with Gasteiger partial charge >= 0.3 is 6.03 Å². The van der Waals surface area contributed by atoms with Crippen molar-refractivity contribution in [3.05, 3.63) is 16.1 Å². The fourth-order valence-electron chi connectivity index (χ4n) is 3.46. The van der Waals surface area contributed by atoms with Crippen molar-refractivity contribution in [2.45, 2.75) is 51.9 Å². The lowest BCUT2D eigenvalue weighted by atomic mass is 10.1. The van der Waals surface area contributed by atoms with E-state index in [9.17, 15) is 9.59 Å². The van der Waals surface area contributed by atoms with Crippen molar-refractivity contribution in [3.63, 3.8) is 0 Å². The fraction of sp³-hybridized carbons (Fsp3) is 0.550. The SMILES string of the molecule is Cc1nc(N(CCC(=O)N2CCCCCCC2)C(N)=O)sc1-c1csc(CC#N)n1. The average Bonchev–Trinajstić information content (AvgIpc) is 3.28. The van der Waals surface area contributed by atoms with Crippen molar-refractivity contribution in [2.24, 2.45) is 5.73 Å². The molecule has 0 unspecified atom stereocenters. The van der Waals surface area contributed by atoms with Gasteiger partial charge in [-0.15, -0.1) is 11.3 Å². The van der Waals surface area contributed by atoms with Gasteiger partial charge in [0.05, 0.1) is 28.8 Å². The summed E-state index contributed by atoms with van der Waals surface area (Å²) in [7, 11) is 0. The van der Waals surface area contributed by atoms with E-state index in [0.29, 0.717) is 5.13 Å². The first-order chi connectivity index (χ1) is 14.5. The van der Waals surface area contributed by atoms with Gasteiger partial charge in [0.25, 0.3) is 0 Å². The summed E-state index contributed by atoms with van der Waals surface area (Å²) in [6, 6.07) is 1.47. The summed E-state index contributed by atoms with van der Waals surface area (Å²) in [5, 5.41) is 11.9. The predicted octanol–water partition coefficient (Wildman–Crippen LogP) is 3.71. The summed E-state index contributed by atoms with van der Waals surface area (Å²) < 4.78 is 0. The van der Waals surface area contributed by atoms with E-state index >= 15 is 0 Å². The summed E-state index contributed by atoms with van der Waals surface area (Å²) in [6.07, 6.45) is 6.10. The molecule has 3 rings (SSSR count). The number of likely N-dealkylation sites (tertiary alicyclic amines) is 1. The molecule has 1 fully saturated rings. The maximum Gasteiger partial charge on any atom is 0.321 e. The Morgan fingerprint density at radius 1 is 1.23 bits per heavy atom. The summed E-state index contributed by atoms with van der Waals surface area (Å²) in [6.45, 7) is 3.62. The number of urea groups is 1. The number of thiazole rings is 2. The van der Waals surface area contributed by atoms with Crippen LogP contribution in [-0.2, 0) is 11.2 Å². The first-order valence-corrected chi connectivity index (χ1v) is 11.8. The second kappa shape index (κ2) is 10.5. The van der Waals surface area contributed by atoms with Crippen molar-refractivity contribution in [1.29, 1.82) is 5.26 Å². The van der Waals surface area contributed by atoms with Crippen molar-refractivity contribution in [3.8, 4) is 16.6 Å². The topological polar surface area (TPSA) is 116 Å². The molecule has 0 atom stereocenters. The van der Waals surface area contributed by atoms with E-state index in [4.69, 9.17) is 11.0 Å². The highest BCUT2D eigenvalue weighted by atomic mass is 32.1. The van der Waals surface area contributed by atoms with Crippen LogP contribution in [0.5, 0.6) is 0 Å². The van der Waals surface area contributed by atoms with Gasteiger partial charge < -0.3 is 10.6 Å². The monoisotopic (exact) mass is 446 g/mol. The van der Waals surface area contributed by atoms with Crippen LogP contribution in [0, 0.1) is 18.3 Å². The van der Waals surface area contributed by atoms with Gasteiger partial charge in [0.15, 0.2) is 5.13 Å². The van der Waals surface area contributed by atoms with E-state index < -0.39 is 6.03 Å². The zero-order valence-corrected chi connectivity index (χ0v) is 18.7. The summed E-state index contributed by atoms with van der Waals surface area (Å²) in [4.78, 5) is 37.8. The van der Waals surface area contributed by atoms with Gasteiger partial charge in [0.2, 0.25) is 5.91 Å². The molecule has 3 amide bonds. The fourth-order valence-corrected chi connectivity index (χ4v) is 5.31. The molecule has 0 aromatic carbocycles. The van der Waals surface area contributed by atoms with Gasteiger partial charge in [-0.2, -0.15) is 5.26 Å². The summed E-state index contributed by atoms with van der Waals surface area (Å²) in [5.41, 5.74) is 7.08. The van der Waals surface area contributed by atoms with E-state index in [0.717, 1.165) is 60.0 Å². The van der Waals surface area contributed by atoms with Gasteiger partial charge in [-0.05, 0) is 19.8 Å². The number of hydrogen-bond acceptors (Lipinski definition) is 7. The largest absolute Gasteiger partial charge is 0.351 e. The van der Waals surface area contributed by atoms with Crippen LogP contribution in [0.15, 0.2) is 5.38 Å². The Bertz CT molecular complexity index is 924. The number of carbonyl (C=O) groups excluding carboxylic acids is 2. The Morgan fingerprint density at radius 3 is 2.60 bits per heavy atom. The molecule has 0 bridgehead atoms. The molecule has 160 valence electrons. The van der Waals surface area contributed by atoms with Crippen LogP contribution in [0.2, 0.25) is 0 Å². The van der Waals surface area contributed by atoms with Crippen LogP contribution in [-0.4, -0.2) is 46.4 Å². The van der Waals surface area contributed by atoms with Crippen molar-refractivity contribution in [1.82, 2.24) is 14.9 Å². The van der Waals surface area contributed by atoms with E-state index in [1.807, 2.05) is 17.2 Å². The Balaban J connectivity index is 1.69. The lowest BCUT2D eigenvalue weighted by Crippen LogP contribution is -2.40. The number of nitrogens with zero attached hydrogens (tertiary/aromatic N) is 5. The van der Waals surface area contributed by atoms with Crippen LogP contribution in [0.3, 0.4) is 0 Å². The molecular formula is C20H26N6O2S2. The molecule has 0 saturated carbocycles. The molecule has 0 aliphatic carbocycles. The minimum atomic E-state index is -0.626. The third kappa shape index (κ3) is 5.55. The second-order valence-electron chi connectivity index (χ2n) is 7.26. The zero-order chi connectivity index (χ0) is 21.5. The standard InChI is InChI=1S/C20H26N6O2S2/c1-14-18(15-13-29-16(24-15)7-9-21)30-20(23-14)26(19(22)28)12-8-17(27)25-10-5-3-2-4-6-11-25/h13H,2-8,10-12H2,1H3,(H2,22,28). The first kappa shape index (κ1) is 22.2. The second-order valence-corrected chi connectivity index (χ2v) is 9.18. The minimum absolute atomic E-state index is 0.0531. The number of hydrogen-bond donors (Lipinski definition) is 1. The molecule has 1 aliphatic heterocycles. The van der Waals surface area contributed by atoms with Crippen LogP contribution >= 0.6 is 22.7 Å². The number of aryl methyl sites for hydroxylation is 1. The third-order valence-electron chi connectivity index (χ3n) is 5.05. The molecule has 3 heterocycles. The van der Waals surface area contributed by atoms with E-state index in [1.54, 1.807) is 0 Å². The average molecular weight is 447 g/mol. The Labute approximate surface area is 184 Å². The molecule has 0 spiro atoms. The maximum atomic E-state index is 12.7. The molecule has 1 saturated heterocycles. The van der Waals surface area contributed by atoms with Gasteiger partial charge in [-0.1, -0.05) is 30.6 Å². The number of aromatic nitrogens is 2. The number of carbonyl (C=O) groups is 2. The lowest BCUT2D eigenvalue weighted by Gasteiger charge is -2.26. The van der Waals surface area contributed by atoms with Gasteiger partial charge in [0.1, 0.15) is 5.01 Å². The molecule has 8 nitrogen and oxygen atoms in total. The molecule has 2 N–H and O–H groups in total. The predicted molar refractivity (Wildman–Crippen MR) is 118 cm³/mol. The minimum Gasteiger partial charge on any atom is -0.351 e. The molecule has 0 radical (unpaired) electrons. The highest BCUT2D eigenvalue weighted by Crippen LogP contribution is 2.35.